The van der Waals surface area contributed by atoms with Gasteiger partial charge in [0.2, 0.25) is 0 Å². The van der Waals surface area contributed by atoms with Crippen LogP contribution in [-0.2, 0) is 0 Å². The van der Waals surface area contributed by atoms with Gasteiger partial charge < -0.3 is 5.32 Å². The molecule has 1 nitrogen and oxygen atoms in total. The fourth-order valence-corrected chi connectivity index (χ4v) is 4.60. The molecule has 2 unspecified atom stereocenters. The molecular weight excluding hydrogens is 238 g/mol. The molecule has 0 bridgehead atoms. The molecule has 1 aliphatic carbocycles. The third-order valence-corrected chi connectivity index (χ3v) is 5.84. The van der Waals surface area contributed by atoms with Gasteiger partial charge in [0.15, 0.2) is 0 Å². The summed E-state index contributed by atoms with van der Waals surface area (Å²) in [6.07, 6.45) is 5.76. The van der Waals surface area contributed by atoms with Gasteiger partial charge in [-0.05, 0) is 37.3 Å². The number of nitrogens with one attached hydrogen (secondary N) is 1. The van der Waals surface area contributed by atoms with Crippen LogP contribution < -0.4 is 5.32 Å². The molecule has 1 aromatic rings. The van der Waals surface area contributed by atoms with E-state index in [1.165, 1.54) is 36.3 Å². The van der Waals surface area contributed by atoms with Gasteiger partial charge in [0.05, 0.1) is 0 Å². The topological polar surface area (TPSA) is 12.0 Å². The Kier molecular flexibility index (Phi) is 3.95. The summed E-state index contributed by atoms with van der Waals surface area (Å²) in [5.41, 5.74) is 1.56. The first-order chi connectivity index (χ1) is 8.84. The Balaban J connectivity index is 1.55. The van der Waals surface area contributed by atoms with Crippen LogP contribution in [-0.4, -0.2) is 18.3 Å². The lowest BCUT2D eigenvalue weighted by Gasteiger charge is -2.22. The molecule has 1 N–H and O–H groups in total. The van der Waals surface area contributed by atoms with Gasteiger partial charge in [0.25, 0.3) is 0 Å². The van der Waals surface area contributed by atoms with Crippen LogP contribution in [0.4, 0.5) is 0 Å². The summed E-state index contributed by atoms with van der Waals surface area (Å²) in [4.78, 5) is 1.50. The maximum atomic E-state index is 3.79. The lowest BCUT2D eigenvalue weighted by atomic mass is 9.97. The van der Waals surface area contributed by atoms with Crippen LogP contribution in [0.25, 0.3) is 0 Å². The van der Waals surface area contributed by atoms with Gasteiger partial charge in [0.1, 0.15) is 0 Å². The predicted molar refractivity (Wildman–Crippen MR) is 79.3 cm³/mol. The highest BCUT2D eigenvalue weighted by Gasteiger charge is 2.25. The molecule has 98 valence electrons. The minimum Gasteiger partial charge on any atom is -0.313 e. The first-order valence-corrected chi connectivity index (χ1v) is 8.28. The average molecular weight is 261 g/mol. The second-order valence-corrected chi connectivity index (χ2v) is 6.85. The molecule has 0 amide bonds. The van der Waals surface area contributed by atoms with Gasteiger partial charge in [-0.15, -0.1) is 11.8 Å². The largest absolute Gasteiger partial charge is 0.313 e. The van der Waals surface area contributed by atoms with Crippen LogP contribution in [0.15, 0.2) is 29.2 Å². The van der Waals surface area contributed by atoms with E-state index in [1.807, 2.05) is 11.8 Å². The number of thioether (sulfide) groups is 1. The molecule has 0 aromatic heterocycles. The van der Waals surface area contributed by atoms with E-state index in [-0.39, 0.29) is 0 Å². The Morgan fingerprint density at radius 3 is 2.89 bits per heavy atom. The van der Waals surface area contributed by atoms with E-state index in [9.17, 15) is 0 Å². The summed E-state index contributed by atoms with van der Waals surface area (Å²) in [6, 6.07) is 9.61. The van der Waals surface area contributed by atoms with Crippen molar-refractivity contribution in [3.63, 3.8) is 0 Å². The van der Waals surface area contributed by atoms with E-state index < -0.39 is 0 Å². The lowest BCUT2D eigenvalue weighted by Crippen LogP contribution is -2.35. The molecule has 1 aromatic carbocycles. The monoisotopic (exact) mass is 261 g/mol. The van der Waals surface area contributed by atoms with Crippen LogP contribution in [0.3, 0.4) is 0 Å². The molecule has 2 heteroatoms. The highest BCUT2D eigenvalue weighted by Crippen LogP contribution is 2.39. The average Bonchev–Trinajstić information content (AvgIpc) is 3.06. The summed E-state index contributed by atoms with van der Waals surface area (Å²) >= 11 is 2.02. The summed E-state index contributed by atoms with van der Waals surface area (Å²) < 4.78 is 0. The fourth-order valence-electron chi connectivity index (χ4n) is 3.35. The molecule has 1 aliphatic heterocycles. The Bertz CT molecular complexity index is 398. The Morgan fingerprint density at radius 1 is 1.28 bits per heavy atom. The van der Waals surface area contributed by atoms with E-state index in [1.54, 1.807) is 5.56 Å². The number of fused-ring (bicyclic) bond motifs is 1. The van der Waals surface area contributed by atoms with Crippen LogP contribution in [0.1, 0.15) is 44.1 Å². The van der Waals surface area contributed by atoms with Crippen LogP contribution in [0, 0.1) is 5.92 Å². The van der Waals surface area contributed by atoms with Crippen molar-refractivity contribution < 1.29 is 0 Å². The molecule has 0 spiro atoms. The summed E-state index contributed by atoms with van der Waals surface area (Å²) in [5.74, 6) is 2.90. The number of benzene rings is 1. The van der Waals surface area contributed by atoms with Crippen LogP contribution in [0.2, 0.25) is 0 Å². The van der Waals surface area contributed by atoms with Crippen molar-refractivity contribution >= 4 is 11.8 Å². The molecule has 0 saturated heterocycles. The van der Waals surface area contributed by atoms with Crippen LogP contribution >= 0.6 is 11.8 Å². The Morgan fingerprint density at radius 2 is 2.06 bits per heavy atom. The predicted octanol–water partition coefficient (Wildman–Crippen LogP) is 4.04. The SMILES string of the molecule is CC(NCC1CSc2ccccc21)C1CCCC1. The van der Waals surface area contributed by atoms with E-state index in [2.05, 4.69) is 36.5 Å². The van der Waals surface area contributed by atoms with Crippen molar-refractivity contribution in [1.82, 2.24) is 5.32 Å². The van der Waals surface area contributed by atoms with E-state index >= 15 is 0 Å². The maximum Gasteiger partial charge on any atom is 0.0108 e. The van der Waals surface area contributed by atoms with Gasteiger partial charge in [-0.3, -0.25) is 0 Å². The molecule has 1 fully saturated rings. The highest BCUT2D eigenvalue weighted by atomic mass is 32.2. The smallest absolute Gasteiger partial charge is 0.0108 e. The second-order valence-electron chi connectivity index (χ2n) is 5.79. The van der Waals surface area contributed by atoms with E-state index in [0.717, 1.165) is 18.4 Å². The molecule has 2 atom stereocenters. The number of rotatable bonds is 4. The third-order valence-electron chi connectivity index (χ3n) is 4.59. The van der Waals surface area contributed by atoms with E-state index in [4.69, 9.17) is 0 Å². The van der Waals surface area contributed by atoms with Gasteiger partial charge >= 0.3 is 0 Å². The molecule has 18 heavy (non-hydrogen) atoms. The zero-order valence-corrected chi connectivity index (χ0v) is 12.0. The molecule has 3 rings (SSSR count). The fraction of sp³-hybridized carbons (Fsp3) is 0.625. The molecule has 2 aliphatic rings. The van der Waals surface area contributed by atoms with Crippen molar-refractivity contribution in [2.75, 3.05) is 12.3 Å². The van der Waals surface area contributed by atoms with Crippen molar-refractivity contribution in [3.8, 4) is 0 Å². The summed E-state index contributed by atoms with van der Waals surface area (Å²) in [6.45, 7) is 3.53. The minimum atomic E-state index is 0.699. The zero-order chi connectivity index (χ0) is 12.4. The van der Waals surface area contributed by atoms with Crippen molar-refractivity contribution in [2.24, 2.45) is 5.92 Å². The molecule has 1 saturated carbocycles. The normalized spacial score (nSPS) is 25.3. The van der Waals surface area contributed by atoms with Crippen molar-refractivity contribution in [3.05, 3.63) is 29.8 Å². The minimum absolute atomic E-state index is 0.699. The Labute approximate surface area is 115 Å². The molecule has 0 radical (unpaired) electrons. The van der Waals surface area contributed by atoms with Gasteiger partial charge in [-0.1, -0.05) is 31.0 Å². The summed E-state index contributed by atoms with van der Waals surface area (Å²) in [5, 5.41) is 3.79. The summed E-state index contributed by atoms with van der Waals surface area (Å²) in [7, 11) is 0. The highest BCUT2D eigenvalue weighted by molar-refractivity contribution is 7.99. The van der Waals surface area contributed by atoms with Gasteiger partial charge in [-0.25, -0.2) is 0 Å². The number of hydrogen-bond acceptors (Lipinski definition) is 2. The number of hydrogen-bond donors (Lipinski definition) is 1. The maximum absolute atomic E-state index is 3.79. The third kappa shape index (κ3) is 2.60. The standard InChI is InChI=1S/C16H23NS/c1-12(13-6-2-3-7-13)17-10-14-11-18-16-9-5-4-8-15(14)16/h4-5,8-9,12-14,17H,2-3,6-7,10-11H2,1H3. The quantitative estimate of drug-likeness (QED) is 0.877. The zero-order valence-electron chi connectivity index (χ0n) is 11.2. The first-order valence-electron chi connectivity index (χ1n) is 7.29. The van der Waals surface area contributed by atoms with Crippen molar-refractivity contribution in [2.45, 2.75) is 49.5 Å². The molecular formula is C16H23NS. The molecule has 1 heterocycles. The second kappa shape index (κ2) is 5.66. The van der Waals surface area contributed by atoms with Crippen molar-refractivity contribution in [1.29, 1.82) is 0 Å². The van der Waals surface area contributed by atoms with Gasteiger partial charge in [0, 0.05) is 29.2 Å². The Hall–Kier alpha value is -0.470. The lowest BCUT2D eigenvalue weighted by molar-refractivity contribution is 0.376. The van der Waals surface area contributed by atoms with E-state index in [0.29, 0.717) is 6.04 Å². The first kappa shape index (κ1) is 12.6. The van der Waals surface area contributed by atoms with Crippen LogP contribution in [0.5, 0.6) is 0 Å². The van der Waals surface area contributed by atoms with Gasteiger partial charge in [-0.2, -0.15) is 0 Å².